The van der Waals surface area contributed by atoms with Crippen LogP contribution in [0.2, 0.25) is 0 Å². The molecule has 0 saturated heterocycles. The third kappa shape index (κ3) is 4.04. The van der Waals surface area contributed by atoms with E-state index in [2.05, 4.69) is 37.2 Å². The number of phenols is 1. The van der Waals surface area contributed by atoms with E-state index in [4.69, 9.17) is 4.74 Å². The fourth-order valence-electron chi connectivity index (χ4n) is 3.04. The average molecular weight is 489 g/mol. The highest BCUT2D eigenvalue weighted by Gasteiger charge is 2.26. The maximum atomic E-state index is 12.5. The van der Waals surface area contributed by atoms with E-state index in [1.54, 1.807) is 17.4 Å². The van der Waals surface area contributed by atoms with Crippen LogP contribution in [-0.2, 0) is 24.1 Å². The summed E-state index contributed by atoms with van der Waals surface area (Å²) >= 11 is 8.42. The number of carbonyl (C=O) groups excluding carboxylic acids is 1. The SMILES string of the molecule is CCOC(=O)c1c(NCc2cc(Br)cc(Br)c2O)sc2c1CCCC2. The van der Waals surface area contributed by atoms with Crippen LogP contribution in [0.3, 0.4) is 0 Å². The summed E-state index contributed by atoms with van der Waals surface area (Å²) in [6.45, 7) is 2.61. The van der Waals surface area contributed by atoms with Crippen molar-refractivity contribution < 1.29 is 14.6 Å². The van der Waals surface area contributed by atoms with Gasteiger partial charge in [0.25, 0.3) is 0 Å². The van der Waals surface area contributed by atoms with Crippen LogP contribution < -0.4 is 5.32 Å². The van der Waals surface area contributed by atoms with Crippen LogP contribution in [0.5, 0.6) is 5.75 Å². The molecular weight excluding hydrogens is 470 g/mol. The van der Waals surface area contributed by atoms with Crippen molar-refractivity contribution in [1.82, 2.24) is 0 Å². The van der Waals surface area contributed by atoms with Crippen LogP contribution in [0.15, 0.2) is 21.1 Å². The maximum absolute atomic E-state index is 12.5. The quantitative estimate of drug-likeness (QED) is 0.534. The van der Waals surface area contributed by atoms with Gasteiger partial charge in [-0.3, -0.25) is 0 Å². The molecular formula is C18H19Br2NO3S. The molecule has 0 spiro atoms. The first-order valence-corrected chi connectivity index (χ1v) is 10.6. The molecule has 1 aliphatic rings. The van der Waals surface area contributed by atoms with Gasteiger partial charge in [0, 0.05) is 21.5 Å². The molecule has 0 unspecified atom stereocenters. The fourth-order valence-corrected chi connectivity index (χ4v) is 5.63. The monoisotopic (exact) mass is 487 g/mol. The standard InChI is InChI=1S/C18H19Br2NO3S/c1-2-24-18(23)15-12-5-3-4-6-14(12)25-17(15)21-9-10-7-11(19)8-13(20)16(10)22/h7-8,21-22H,2-6,9H2,1H3. The topological polar surface area (TPSA) is 58.6 Å². The molecule has 0 amide bonds. The Bertz CT molecular complexity index is 804. The minimum Gasteiger partial charge on any atom is -0.506 e. The molecule has 0 fully saturated rings. The van der Waals surface area contributed by atoms with Crippen molar-refractivity contribution in [2.75, 3.05) is 11.9 Å². The molecule has 25 heavy (non-hydrogen) atoms. The van der Waals surface area contributed by atoms with Crippen molar-refractivity contribution in [2.45, 2.75) is 39.2 Å². The normalized spacial score (nSPS) is 13.4. The minimum atomic E-state index is -0.260. The van der Waals surface area contributed by atoms with Gasteiger partial charge < -0.3 is 15.2 Å². The van der Waals surface area contributed by atoms with Crippen molar-refractivity contribution in [3.05, 3.63) is 42.6 Å². The Morgan fingerprint density at radius 2 is 2.08 bits per heavy atom. The third-order valence-corrected chi connectivity index (χ3v) is 6.51. The highest BCUT2D eigenvalue weighted by molar-refractivity contribution is 9.11. The van der Waals surface area contributed by atoms with Gasteiger partial charge in [0.15, 0.2) is 0 Å². The van der Waals surface area contributed by atoms with Crippen LogP contribution in [0.4, 0.5) is 5.00 Å². The molecule has 1 aromatic heterocycles. The first-order valence-electron chi connectivity index (χ1n) is 8.23. The summed E-state index contributed by atoms with van der Waals surface area (Å²) in [5, 5.41) is 14.4. The Balaban J connectivity index is 1.90. The lowest BCUT2D eigenvalue weighted by Gasteiger charge is -2.13. The van der Waals surface area contributed by atoms with E-state index in [9.17, 15) is 9.90 Å². The molecule has 2 N–H and O–H groups in total. The van der Waals surface area contributed by atoms with E-state index in [0.717, 1.165) is 46.3 Å². The zero-order valence-electron chi connectivity index (χ0n) is 13.8. The molecule has 0 atom stereocenters. The van der Waals surface area contributed by atoms with E-state index >= 15 is 0 Å². The van der Waals surface area contributed by atoms with Gasteiger partial charge in [0.05, 0.1) is 16.6 Å². The second-order valence-electron chi connectivity index (χ2n) is 5.88. The van der Waals surface area contributed by atoms with Gasteiger partial charge in [-0.2, -0.15) is 0 Å². The number of carbonyl (C=O) groups is 1. The van der Waals surface area contributed by atoms with E-state index in [1.165, 1.54) is 4.88 Å². The molecule has 4 nitrogen and oxygen atoms in total. The van der Waals surface area contributed by atoms with Crippen LogP contribution in [-0.4, -0.2) is 17.7 Å². The number of phenolic OH excluding ortho intramolecular Hbond substituents is 1. The number of hydrogen-bond donors (Lipinski definition) is 2. The first-order chi connectivity index (χ1) is 12.0. The minimum absolute atomic E-state index is 0.203. The van der Waals surface area contributed by atoms with Gasteiger partial charge in [-0.15, -0.1) is 11.3 Å². The third-order valence-electron chi connectivity index (χ3n) is 4.20. The van der Waals surface area contributed by atoms with Crippen LogP contribution in [0.25, 0.3) is 0 Å². The molecule has 0 saturated carbocycles. The Morgan fingerprint density at radius 3 is 2.84 bits per heavy atom. The summed E-state index contributed by atoms with van der Waals surface area (Å²) in [5.41, 5.74) is 2.56. The van der Waals surface area contributed by atoms with Crippen LogP contribution >= 0.6 is 43.2 Å². The number of thiophene rings is 1. The highest BCUT2D eigenvalue weighted by atomic mass is 79.9. The number of esters is 1. The smallest absolute Gasteiger partial charge is 0.341 e. The number of benzene rings is 1. The molecule has 0 bridgehead atoms. The molecule has 1 heterocycles. The van der Waals surface area contributed by atoms with Gasteiger partial charge in [-0.25, -0.2) is 4.79 Å². The number of fused-ring (bicyclic) bond motifs is 1. The van der Waals surface area contributed by atoms with Crippen molar-refractivity contribution in [1.29, 1.82) is 0 Å². The summed E-state index contributed by atoms with van der Waals surface area (Å²) < 4.78 is 6.78. The van der Waals surface area contributed by atoms with E-state index in [1.807, 2.05) is 13.0 Å². The lowest BCUT2D eigenvalue weighted by atomic mass is 9.95. The zero-order chi connectivity index (χ0) is 18.0. The van der Waals surface area contributed by atoms with Gasteiger partial charge >= 0.3 is 5.97 Å². The van der Waals surface area contributed by atoms with E-state index in [-0.39, 0.29) is 11.7 Å². The second-order valence-corrected chi connectivity index (χ2v) is 8.76. The van der Waals surface area contributed by atoms with Gasteiger partial charge in [-0.05, 0) is 66.2 Å². The lowest BCUT2D eigenvalue weighted by molar-refractivity contribution is 0.0526. The molecule has 0 radical (unpaired) electrons. The van der Waals surface area contributed by atoms with E-state index in [0.29, 0.717) is 23.2 Å². The zero-order valence-corrected chi connectivity index (χ0v) is 17.8. The summed E-state index contributed by atoms with van der Waals surface area (Å²) in [6.07, 6.45) is 4.21. The number of anilines is 1. The van der Waals surface area contributed by atoms with Crippen molar-refractivity contribution >= 4 is 54.2 Å². The number of halogens is 2. The van der Waals surface area contributed by atoms with Crippen LogP contribution in [0, 0.1) is 0 Å². The molecule has 1 aliphatic carbocycles. The second kappa shape index (κ2) is 8.10. The number of aromatic hydroxyl groups is 1. The molecule has 2 aromatic rings. The highest BCUT2D eigenvalue weighted by Crippen LogP contribution is 2.39. The average Bonchev–Trinajstić information content (AvgIpc) is 2.95. The Kier molecular flexibility index (Phi) is 6.07. The number of nitrogens with one attached hydrogen (secondary N) is 1. The Morgan fingerprint density at radius 1 is 1.32 bits per heavy atom. The summed E-state index contributed by atoms with van der Waals surface area (Å²) in [5.74, 6) is -0.0567. The number of hydrogen-bond acceptors (Lipinski definition) is 5. The van der Waals surface area contributed by atoms with E-state index < -0.39 is 0 Å². The number of rotatable bonds is 5. The predicted molar refractivity (Wildman–Crippen MR) is 108 cm³/mol. The molecule has 3 rings (SSSR count). The van der Waals surface area contributed by atoms with Gasteiger partial charge in [-0.1, -0.05) is 15.9 Å². The predicted octanol–water partition coefficient (Wildman–Crippen LogP) is 5.65. The van der Waals surface area contributed by atoms with Crippen molar-refractivity contribution in [3.8, 4) is 5.75 Å². The van der Waals surface area contributed by atoms with Crippen molar-refractivity contribution in [2.24, 2.45) is 0 Å². The summed E-state index contributed by atoms with van der Waals surface area (Å²) in [6, 6.07) is 3.66. The number of ether oxygens (including phenoxy) is 1. The van der Waals surface area contributed by atoms with Gasteiger partial charge in [0.2, 0.25) is 0 Å². The maximum Gasteiger partial charge on any atom is 0.341 e. The molecule has 1 aromatic carbocycles. The Hall–Kier alpha value is -1.05. The fraction of sp³-hybridized carbons (Fsp3) is 0.389. The molecule has 134 valence electrons. The lowest BCUT2D eigenvalue weighted by Crippen LogP contribution is -2.11. The molecule has 7 heteroatoms. The van der Waals surface area contributed by atoms with Gasteiger partial charge in [0.1, 0.15) is 10.8 Å². The van der Waals surface area contributed by atoms with Crippen LogP contribution in [0.1, 0.15) is 46.1 Å². The number of aryl methyl sites for hydroxylation is 1. The largest absolute Gasteiger partial charge is 0.506 e. The van der Waals surface area contributed by atoms with Crippen molar-refractivity contribution in [3.63, 3.8) is 0 Å². The summed E-state index contributed by atoms with van der Waals surface area (Å²) in [7, 11) is 0. The Labute approximate surface area is 167 Å². The first kappa shape index (κ1) is 18.7. The summed E-state index contributed by atoms with van der Waals surface area (Å²) in [4.78, 5) is 13.7. The molecule has 0 aliphatic heterocycles.